The van der Waals surface area contributed by atoms with Crippen LogP contribution in [-0.2, 0) is 0 Å². The lowest BCUT2D eigenvalue weighted by Crippen LogP contribution is -2.15. The fourth-order valence-corrected chi connectivity index (χ4v) is 14.1. The number of rotatable bonds is 30. The van der Waals surface area contributed by atoms with Crippen molar-refractivity contribution in [2.45, 2.75) is 99.4 Å². The molecule has 20 rings (SSSR count). The number of fused-ring (bicyclic) bond motifs is 5. The zero-order chi connectivity index (χ0) is 96.7. The summed E-state index contributed by atoms with van der Waals surface area (Å²) in [6.45, 7) is 20.4. The van der Waals surface area contributed by atoms with Crippen molar-refractivity contribution >= 4 is 200 Å². The highest BCUT2D eigenvalue weighted by molar-refractivity contribution is 5.97. The fraction of sp³-hybridized carbons (Fsp3) is 0.142. The van der Waals surface area contributed by atoms with Gasteiger partial charge in [0.2, 0.25) is 89.2 Å². The minimum Gasteiger partial charge on any atom is -0.352 e. The lowest BCUT2D eigenvalue weighted by Gasteiger charge is -2.13. The van der Waals surface area contributed by atoms with Crippen LogP contribution < -0.4 is 79.8 Å². The van der Waals surface area contributed by atoms with E-state index in [-0.39, 0.29) is 30.2 Å². The summed E-state index contributed by atoms with van der Waals surface area (Å²) in [5.41, 5.74) is 11.7. The molecule has 0 radical (unpaired) electrons. The summed E-state index contributed by atoms with van der Waals surface area (Å²) < 4.78 is 0. The van der Waals surface area contributed by atoms with E-state index < -0.39 is 0 Å². The summed E-state index contributed by atoms with van der Waals surface area (Å²) in [5.74, 6) is 7.16. The van der Waals surface area contributed by atoms with Gasteiger partial charge >= 0.3 is 0 Å². The monoisotopic (exact) mass is 1850 g/mol. The number of para-hydroxylation sites is 6. The Kier molecular flexibility index (Phi) is 31.6. The maximum absolute atomic E-state index is 4.55. The Balaban J connectivity index is 0.000000126. The molecule has 0 unspecified atom stereocenters. The van der Waals surface area contributed by atoms with Crippen molar-refractivity contribution in [2.75, 3.05) is 79.8 Å². The Bertz CT molecular complexity index is 6710. The van der Waals surface area contributed by atoms with Crippen molar-refractivity contribution in [1.82, 2.24) is 94.7 Å². The summed E-state index contributed by atoms with van der Waals surface area (Å²) in [4.78, 5) is 85.0. The highest BCUT2D eigenvalue weighted by atomic mass is 15.3. The second kappa shape index (κ2) is 46.8. The second-order valence-corrected chi connectivity index (χ2v) is 33.2. The standard InChI is InChI=1S/C22H22N6.4C21H21N7/c1-15(2)23-20-26-21(24-17-11-4-3-5-12-17)28-22(27-20)25-19-14-8-10-16-9-6-7-13-18(16)19;1-14(2)23-19-26-20(24-16-10-4-3-5-11-16)28-21(27-19)25-17-12-6-8-15-9-7-13-22-18(15)17;1-14(2)23-19-26-20(24-15-8-4-3-5-9-15)28-21(27-19)25-18-12-6-11-17-16(18)10-7-13-22-17;1-14(2)23-19-26-20(24-16-8-4-3-5-9-16)28-21(27-19)25-17-10-11-18-15(13-17)7-6-12-22-18;1-14(2)23-19-26-20(24-16-8-4-3-5-9-16)28-21(27-19)25-18-10-6-7-15-13-22-12-11-17(15)18/h3-15H,1-2H3,(H3,23,24,25,26,27,28);4*3-14H,1-2H3,(H3,23,24,25,26,27,28). The van der Waals surface area contributed by atoms with Crippen molar-refractivity contribution in [3.8, 4) is 0 Å². The van der Waals surface area contributed by atoms with Gasteiger partial charge in [0.15, 0.2) is 0 Å². The van der Waals surface area contributed by atoms with Gasteiger partial charge < -0.3 is 79.8 Å². The van der Waals surface area contributed by atoms with Crippen LogP contribution in [0, 0.1) is 0 Å². The average molecular weight is 1860 g/mol. The molecule has 700 valence electrons. The summed E-state index contributed by atoms with van der Waals surface area (Å²) in [6.07, 6.45) is 8.95. The molecule has 34 nitrogen and oxygen atoms in total. The van der Waals surface area contributed by atoms with Gasteiger partial charge in [0.1, 0.15) is 0 Å². The molecule has 11 aromatic carbocycles. The van der Waals surface area contributed by atoms with E-state index in [0.29, 0.717) is 89.2 Å². The molecule has 9 aromatic heterocycles. The first-order valence-electron chi connectivity index (χ1n) is 45.8. The zero-order valence-corrected chi connectivity index (χ0v) is 78.7. The van der Waals surface area contributed by atoms with Gasteiger partial charge in [-0.2, -0.15) is 74.8 Å². The molecule has 0 saturated carbocycles. The van der Waals surface area contributed by atoms with Crippen molar-refractivity contribution in [2.24, 2.45) is 0 Å². The van der Waals surface area contributed by atoms with Gasteiger partial charge in [-0.05, 0) is 214 Å². The first kappa shape index (κ1) is 94.6. The smallest absolute Gasteiger partial charge is 0.233 e. The number of anilines is 25. The van der Waals surface area contributed by atoms with Crippen LogP contribution in [0.3, 0.4) is 0 Å². The van der Waals surface area contributed by atoms with Crippen LogP contribution in [-0.4, -0.2) is 125 Å². The fourth-order valence-electron chi connectivity index (χ4n) is 14.1. The van der Waals surface area contributed by atoms with Crippen LogP contribution in [0.4, 0.5) is 146 Å². The predicted octanol–water partition coefficient (Wildman–Crippen LogP) is 24.2. The molecule has 20 aromatic rings. The van der Waals surface area contributed by atoms with Gasteiger partial charge in [-0.1, -0.05) is 170 Å². The van der Waals surface area contributed by atoms with Crippen LogP contribution in [0.2, 0.25) is 0 Å². The molecule has 15 N–H and O–H groups in total. The Labute approximate surface area is 810 Å². The Hall–Kier alpha value is -18.6. The molecular weight excluding hydrogens is 1750 g/mol. The van der Waals surface area contributed by atoms with Gasteiger partial charge in [0, 0.05) is 139 Å². The maximum atomic E-state index is 4.55. The lowest BCUT2D eigenvalue weighted by atomic mass is 10.1. The normalized spacial score (nSPS) is 10.8. The minimum absolute atomic E-state index is 0.194. The molecular formula is C106H106N34. The van der Waals surface area contributed by atoms with E-state index in [2.05, 4.69) is 193 Å². The Morgan fingerprint density at radius 2 is 0.457 bits per heavy atom. The summed E-state index contributed by atoms with van der Waals surface area (Å²) in [5, 5.41) is 56.3. The number of hydrogen-bond donors (Lipinski definition) is 15. The Morgan fingerprint density at radius 3 is 0.864 bits per heavy atom. The second-order valence-electron chi connectivity index (χ2n) is 33.2. The van der Waals surface area contributed by atoms with Gasteiger partial charge in [0.25, 0.3) is 0 Å². The molecule has 140 heavy (non-hydrogen) atoms. The largest absolute Gasteiger partial charge is 0.352 e. The third kappa shape index (κ3) is 27.8. The van der Waals surface area contributed by atoms with Gasteiger partial charge in [-0.25, -0.2) is 0 Å². The third-order valence-electron chi connectivity index (χ3n) is 20.0. The number of hydrogen-bond acceptors (Lipinski definition) is 34. The van der Waals surface area contributed by atoms with E-state index in [1.165, 1.54) is 0 Å². The molecule has 0 spiro atoms. The molecule has 0 saturated heterocycles. The maximum Gasteiger partial charge on any atom is 0.233 e. The first-order chi connectivity index (χ1) is 68.3. The van der Waals surface area contributed by atoms with E-state index in [4.69, 9.17) is 0 Å². The topological polar surface area (TPSA) is 425 Å². The van der Waals surface area contributed by atoms with Crippen LogP contribution >= 0.6 is 0 Å². The van der Waals surface area contributed by atoms with E-state index in [0.717, 1.165) is 111 Å². The summed E-state index contributed by atoms with van der Waals surface area (Å²) >= 11 is 0. The van der Waals surface area contributed by atoms with Crippen LogP contribution in [0.15, 0.2) is 340 Å². The number of nitrogens with zero attached hydrogens (tertiary/aromatic N) is 19. The van der Waals surface area contributed by atoms with E-state index >= 15 is 0 Å². The van der Waals surface area contributed by atoms with Crippen LogP contribution in [0.1, 0.15) is 69.2 Å². The molecule has 0 fully saturated rings. The van der Waals surface area contributed by atoms with Crippen molar-refractivity contribution < 1.29 is 0 Å². The first-order valence-corrected chi connectivity index (χ1v) is 45.8. The summed E-state index contributed by atoms with van der Waals surface area (Å²) in [6, 6.07) is 102. The van der Waals surface area contributed by atoms with Gasteiger partial charge in [0.05, 0.1) is 27.9 Å². The Morgan fingerprint density at radius 1 is 0.179 bits per heavy atom. The SMILES string of the molecule is CC(C)Nc1nc(Nc2ccccc2)nc(Nc2ccc3ncccc3c2)n1.CC(C)Nc1nc(Nc2ccccc2)nc(Nc2cccc3ccccc23)n1.CC(C)Nc1nc(Nc2ccccc2)nc(Nc2cccc3cccnc23)n1.CC(C)Nc1nc(Nc2ccccc2)nc(Nc2cccc3cnccc23)n1.CC(C)Nc1nc(Nc2ccccc2)nc(Nc2cccc3ncccc23)n1. The number of aromatic nitrogens is 19. The molecule has 0 amide bonds. The van der Waals surface area contributed by atoms with E-state index in [1.807, 2.05) is 367 Å². The predicted molar refractivity (Wildman–Crippen MR) is 569 cm³/mol. The highest BCUT2D eigenvalue weighted by Gasteiger charge is 2.18. The molecule has 0 bridgehead atoms. The van der Waals surface area contributed by atoms with E-state index in [1.54, 1.807) is 24.8 Å². The lowest BCUT2D eigenvalue weighted by molar-refractivity contribution is 0.869. The van der Waals surface area contributed by atoms with Gasteiger partial charge in [-0.15, -0.1) is 0 Å². The zero-order valence-electron chi connectivity index (χ0n) is 78.7. The highest BCUT2D eigenvalue weighted by Crippen LogP contribution is 2.33. The van der Waals surface area contributed by atoms with Crippen LogP contribution in [0.25, 0.3) is 54.3 Å². The molecule has 0 aliphatic rings. The third-order valence-corrected chi connectivity index (χ3v) is 20.0. The molecule has 0 atom stereocenters. The quantitative estimate of drug-likeness (QED) is 0.0199. The molecule has 34 heteroatoms. The minimum atomic E-state index is 0.194. The van der Waals surface area contributed by atoms with Gasteiger partial charge in [-0.3, -0.25) is 19.9 Å². The number of pyridine rings is 4. The van der Waals surface area contributed by atoms with Crippen molar-refractivity contribution in [3.05, 3.63) is 340 Å². The number of nitrogens with one attached hydrogen (secondary N) is 15. The molecule has 9 heterocycles. The van der Waals surface area contributed by atoms with Crippen LogP contribution in [0.5, 0.6) is 0 Å². The van der Waals surface area contributed by atoms with E-state index in [9.17, 15) is 0 Å². The average Bonchev–Trinajstić information content (AvgIpc) is 0.831. The molecule has 0 aliphatic carbocycles. The van der Waals surface area contributed by atoms with Crippen molar-refractivity contribution in [1.29, 1.82) is 0 Å². The molecule has 0 aliphatic heterocycles. The van der Waals surface area contributed by atoms with Crippen molar-refractivity contribution in [3.63, 3.8) is 0 Å². The summed E-state index contributed by atoms with van der Waals surface area (Å²) in [7, 11) is 0. The number of benzene rings is 11.